The molecule has 0 atom stereocenters. The highest BCUT2D eigenvalue weighted by atomic mass is 19.1. The molecule has 0 aliphatic rings. The predicted molar refractivity (Wildman–Crippen MR) is 63.1 cm³/mol. The molecule has 84 valence electrons. The van der Waals surface area contributed by atoms with E-state index in [9.17, 15) is 4.39 Å². The third-order valence-corrected chi connectivity index (χ3v) is 2.76. The van der Waals surface area contributed by atoms with Crippen LogP contribution >= 0.6 is 0 Å². The first-order chi connectivity index (χ1) is 8.25. The number of nitrogens with zero attached hydrogens (tertiary/aromatic N) is 3. The lowest BCUT2D eigenvalue weighted by molar-refractivity contribution is 0.622. The average Bonchev–Trinajstić information content (AvgIpc) is 2.68. The topological polar surface area (TPSA) is 30.2 Å². The van der Waals surface area contributed by atoms with Gasteiger partial charge in [-0.2, -0.15) is 5.10 Å². The van der Waals surface area contributed by atoms with Crippen LogP contribution in [0.15, 0.2) is 42.9 Å². The van der Waals surface area contributed by atoms with Gasteiger partial charge in [0.25, 0.3) is 0 Å². The molecule has 4 heteroatoms. The minimum absolute atomic E-state index is 0.348. The molecule has 3 aromatic rings. The smallest absolute Gasteiger partial charge is 0.142 e. The molecular weight excluding hydrogens is 217 g/mol. The first kappa shape index (κ1) is 9.96. The van der Waals surface area contributed by atoms with Gasteiger partial charge in [0, 0.05) is 23.5 Å². The second-order valence-electron chi connectivity index (χ2n) is 3.90. The second kappa shape index (κ2) is 3.66. The quantitative estimate of drug-likeness (QED) is 0.640. The Kier molecular flexibility index (Phi) is 2.14. The summed E-state index contributed by atoms with van der Waals surface area (Å²) in [6.45, 7) is 1.97. The molecule has 0 aliphatic carbocycles. The normalized spacial score (nSPS) is 10.9. The maximum atomic E-state index is 13.1. The van der Waals surface area contributed by atoms with E-state index in [4.69, 9.17) is 0 Å². The fraction of sp³-hybridized carbons (Fsp3) is 0.0769. The Labute approximate surface area is 97.5 Å². The van der Waals surface area contributed by atoms with E-state index in [0.29, 0.717) is 5.56 Å². The van der Waals surface area contributed by atoms with E-state index in [2.05, 4.69) is 10.1 Å². The molecule has 0 saturated carbocycles. The van der Waals surface area contributed by atoms with Crippen LogP contribution in [0.3, 0.4) is 0 Å². The Bertz CT molecular complexity index is 688. The van der Waals surface area contributed by atoms with E-state index in [-0.39, 0.29) is 5.82 Å². The number of halogens is 1. The van der Waals surface area contributed by atoms with Crippen LogP contribution in [-0.2, 0) is 0 Å². The van der Waals surface area contributed by atoms with Crippen LogP contribution in [0.5, 0.6) is 0 Å². The molecule has 0 fully saturated rings. The number of aromatic nitrogens is 3. The number of fused-ring (bicyclic) bond motifs is 1. The summed E-state index contributed by atoms with van der Waals surface area (Å²) in [6.07, 6.45) is 4.69. The first-order valence-electron chi connectivity index (χ1n) is 5.30. The van der Waals surface area contributed by atoms with Crippen LogP contribution in [0.2, 0.25) is 0 Å². The Balaban J connectivity index is 2.27. The third kappa shape index (κ3) is 1.58. The van der Waals surface area contributed by atoms with Crippen LogP contribution < -0.4 is 0 Å². The molecule has 0 N–H and O–H groups in total. The highest BCUT2D eigenvalue weighted by Gasteiger charge is 2.10. The summed E-state index contributed by atoms with van der Waals surface area (Å²) in [5.41, 5.74) is 3.51. The average molecular weight is 227 g/mol. The van der Waals surface area contributed by atoms with Gasteiger partial charge in [0.05, 0.1) is 17.4 Å². The van der Waals surface area contributed by atoms with Gasteiger partial charge in [0.2, 0.25) is 0 Å². The molecule has 3 rings (SSSR count). The second-order valence-corrected chi connectivity index (χ2v) is 3.90. The minimum atomic E-state index is -0.348. The highest BCUT2D eigenvalue weighted by molar-refractivity contribution is 5.71. The molecule has 0 radical (unpaired) electrons. The van der Waals surface area contributed by atoms with E-state index in [1.54, 1.807) is 10.7 Å². The number of pyridine rings is 2. The van der Waals surface area contributed by atoms with Crippen molar-refractivity contribution in [1.82, 2.24) is 14.6 Å². The van der Waals surface area contributed by atoms with Gasteiger partial charge in [-0.25, -0.2) is 8.91 Å². The Morgan fingerprint density at radius 3 is 2.88 bits per heavy atom. The van der Waals surface area contributed by atoms with Gasteiger partial charge in [-0.3, -0.25) is 4.98 Å². The van der Waals surface area contributed by atoms with Crippen molar-refractivity contribution < 1.29 is 4.39 Å². The van der Waals surface area contributed by atoms with Gasteiger partial charge < -0.3 is 0 Å². The van der Waals surface area contributed by atoms with Gasteiger partial charge in [0.1, 0.15) is 5.82 Å². The van der Waals surface area contributed by atoms with E-state index in [0.717, 1.165) is 16.8 Å². The van der Waals surface area contributed by atoms with Crippen LogP contribution in [0.25, 0.3) is 16.8 Å². The van der Waals surface area contributed by atoms with Gasteiger partial charge in [0.15, 0.2) is 0 Å². The van der Waals surface area contributed by atoms with Gasteiger partial charge in [-0.15, -0.1) is 0 Å². The zero-order chi connectivity index (χ0) is 11.8. The van der Waals surface area contributed by atoms with E-state index < -0.39 is 0 Å². The SMILES string of the molecule is Cc1c(-c2cncc(F)c2)nn2ccccc12. The van der Waals surface area contributed by atoms with Crippen molar-refractivity contribution in [2.24, 2.45) is 0 Å². The number of rotatable bonds is 1. The molecule has 0 unspecified atom stereocenters. The van der Waals surface area contributed by atoms with Crippen molar-refractivity contribution in [3.63, 3.8) is 0 Å². The van der Waals surface area contributed by atoms with Crippen molar-refractivity contribution in [2.45, 2.75) is 6.92 Å². The van der Waals surface area contributed by atoms with Gasteiger partial charge in [-0.05, 0) is 25.1 Å². The molecule has 3 nitrogen and oxygen atoms in total. The molecule has 0 spiro atoms. The summed E-state index contributed by atoms with van der Waals surface area (Å²) in [4.78, 5) is 3.85. The summed E-state index contributed by atoms with van der Waals surface area (Å²) in [7, 11) is 0. The molecule has 0 amide bonds. The van der Waals surface area contributed by atoms with Gasteiger partial charge >= 0.3 is 0 Å². The monoisotopic (exact) mass is 227 g/mol. The summed E-state index contributed by atoms with van der Waals surface area (Å²) in [5, 5.41) is 4.43. The zero-order valence-corrected chi connectivity index (χ0v) is 9.26. The predicted octanol–water partition coefficient (Wildman–Crippen LogP) is 2.84. The third-order valence-electron chi connectivity index (χ3n) is 2.76. The molecule has 0 aliphatic heterocycles. The van der Waals surface area contributed by atoms with Crippen LogP contribution in [0.1, 0.15) is 5.56 Å². The standard InChI is InChI=1S/C13H10FN3/c1-9-12-4-2-3-5-17(12)16-13(9)10-6-11(14)8-15-7-10/h2-8H,1H3. The molecule has 17 heavy (non-hydrogen) atoms. The maximum Gasteiger partial charge on any atom is 0.142 e. The lowest BCUT2D eigenvalue weighted by Gasteiger charge is -1.97. The van der Waals surface area contributed by atoms with Crippen LogP contribution in [0, 0.1) is 12.7 Å². The fourth-order valence-electron chi connectivity index (χ4n) is 1.94. The Hall–Kier alpha value is -2.23. The molecule has 0 saturated heterocycles. The van der Waals surface area contributed by atoms with Gasteiger partial charge in [-0.1, -0.05) is 6.07 Å². The molecule has 0 aromatic carbocycles. The zero-order valence-electron chi connectivity index (χ0n) is 9.26. The number of hydrogen-bond donors (Lipinski definition) is 0. The van der Waals surface area contributed by atoms with Crippen molar-refractivity contribution >= 4 is 5.52 Å². The summed E-state index contributed by atoms with van der Waals surface area (Å²) in [6, 6.07) is 7.30. The van der Waals surface area contributed by atoms with E-state index in [1.165, 1.54) is 12.3 Å². The van der Waals surface area contributed by atoms with Crippen molar-refractivity contribution in [1.29, 1.82) is 0 Å². The van der Waals surface area contributed by atoms with Crippen molar-refractivity contribution in [3.8, 4) is 11.3 Å². The largest absolute Gasteiger partial charge is 0.261 e. The maximum absolute atomic E-state index is 13.1. The summed E-state index contributed by atoms with van der Waals surface area (Å²) < 4.78 is 14.9. The fourth-order valence-corrected chi connectivity index (χ4v) is 1.94. The lowest BCUT2D eigenvalue weighted by Crippen LogP contribution is -1.86. The number of aryl methyl sites for hydroxylation is 1. The van der Waals surface area contributed by atoms with Crippen LogP contribution in [0.4, 0.5) is 4.39 Å². The summed E-state index contributed by atoms with van der Waals surface area (Å²) >= 11 is 0. The molecule has 3 aromatic heterocycles. The van der Waals surface area contributed by atoms with E-state index >= 15 is 0 Å². The Morgan fingerprint density at radius 1 is 1.24 bits per heavy atom. The summed E-state index contributed by atoms with van der Waals surface area (Å²) in [5.74, 6) is -0.348. The minimum Gasteiger partial charge on any atom is -0.261 e. The lowest BCUT2D eigenvalue weighted by atomic mass is 10.1. The van der Waals surface area contributed by atoms with Crippen molar-refractivity contribution in [3.05, 3.63) is 54.2 Å². The molecule has 3 heterocycles. The Morgan fingerprint density at radius 2 is 2.12 bits per heavy atom. The highest BCUT2D eigenvalue weighted by Crippen LogP contribution is 2.24. The van der Waals surface area contributed by atoms with Crippen molar-refractivity contribution in [2.75, 3.05) is 0 Å². The first-order valence-corrected chi connectivity index (χ1v) is 5.30. The molecular formula is C13H10FN3. The molecule has 0 bridgehead atoms. The van der Waals surface area contributed by atoms with E-state index in [1.807, 2.05) is 31.3 Å². The van der Waals surface area contributed by atoms with Crippen LogP contribution in [-0.4, -0.2) is 14.6 Å². The number of hydrogen-bond acceptors (Lipinski definition) is 2.